The van der Waals surface area contributed by atoms with Crippen molar-refractivity contribution >= 4 is 34.0 Å². The zero-order chi connectivity index (χ0) is 23.7. The number of nitrogens with zero attached hydrogens (tertiary/aromatic N) is 4. The van der Waals surface area contributed by atoms with Crippen molar-refractivity contribution in [2.24, 2.45) is 0 Å². The first-order chi connectivity index (χ1) is 16.5. The highest BCUT2D eigenvalue weighted by molar-refractivity contribution is 7.11. The Morgan fingerprint density at radius 3 is 2.50 bits per heavy atom. The maximum Gasteiger partial charge on any atom is 0.274 e. The molecule has 0 aliphatic carbocycles. The molecule has 3 N–H and O–H groups in total. The van der Waals surface area contributed by atoms with E-state index in [1.54, 1.807) is 17.5 Å². The predicted octanol–water partition coefficient (Wildman–Crippen LogP) is 4.94. The summed E-state index contributed by atoms with van der Waals surface area (Å²) in [5.74, 6) is -0.293. The molecule has 3 heterocycles. The normalized spacial score (nSPS) is 11.0. The van der Waals surface area contributed by atoms with Gasteiger partial charge < -0.3 is 11.1 Å². The number of hydrogen-bond acceptors (Lipinski definition) is 7. The number of pyridine rings is 1. The molecule has 3 aromatic heterocycles. The van der Waals surface area contributed by atoms with Gasteiger partial charge in [-0.05, 0) is 32.0 Å². The quantitative estimate of drug-likeness (QED) is 0.380. The molecule has 0 saturated heterocycles. The second-order valence-electron chi connectivity index (χ2n) is 7.86. The van der Waals surface area contributed by atoms with Gasteiger partial charge in [-0.15, -0.1) is 11.3 Å². The van der Waals surface area contributed by atoms with Gasteiger partial charge in [0.25, 0.3) is 5.91 Å². The molecule has 5 aromatic rings. The highest BCUT2D eigenvalue weighted by Gasteiger charge is 2.20. The summed E-state index contributed by atoms with van der Waals surface area (Å²) in [7, 11) is 0. The second kappa shape index (κ2) is 8.99. The van der Waals surface area contributed by atoms with Gasteiger partial charge in [-0.2, -0.15) is 0 Å². The molecule has 2 aromatic carbocycles. The largest absolute Gasteiger partial charge is 0.382 e. The van der Waals surface area contributed by atoms with Crippen molar-refractivity contribution in [2.45, 2.75) is 20.4 Å². The highest BCUT2D eigenvalue weighted by Crippen LogP contribution is 2.32. The van der Waals surface area contributed by atoms with Crippen LogP contribution in [-0.4, -0.2) is 25.8 Å². The molecule has 0 aliphatic rings. The Bertz CT molecular complexity index is 1510. The molecule has 0 unspecified atom stereocenters. The summed E-state index contributed by atoms with van der Waals surface area (Å²) in [6, 6.07) is 19.5. The number of benzene rings is 2. The predicted molar refractivity (Wildman–Crippen MR) is 135 cm³/mol. The number of carbonyl (C=O) groups excluding carboxylic acids is 1. The number of nitrogen functional groups attached to an aromatic ring is 1. The Kier molecular flexibility index (Phi) is 5.73. The number of hydrogen-bond donors (Lipinski definition) is 2. The first kappa shape index (κ1) is 21.7. The lowest BCUT2D eigenvalue weighted by atomic mass is 10.0. The topological polar surface area (TPSA) is 107 Å². The third kappa shape index (κ3) is 4.23. The third-order valence-electron chi connectivity index (χ3n) is 5.47. The Balaban J connectivity index is 1.58. The Hall–Kier alpha value is -4.17. The van der Waals surface area contributed by atoms with Crippen LogP contribution in [0.4, 0.5) is 5.82 Å². The maximum atomic E-state index is 13.1. The average Bonchev–Trinajstić information content (AvgIpc) is 3.19. The SMILES string of the molecule is Cc1nc(C)c(CNC(=O)c2nc(-c3ccc4ncccc4c3)c(-c3ccccc3)nc2N)s1. The average molecular weight is 467 g/mol. The number of aryl methyl sites for hydroxylation is 2. The third-order valence-corrected chi connectivity index (χ3v) is 6.54. The van der Waals surface area contributed by atoms with Crippen LogP contribution in [0.2, 0.25) is 0 Å². The summed E-state index contributed by atoms with van der Waals surface area (Å²) in [6.07, 6.45) is 1.76. The molecular weight excluding hydrogens is 444 g/mol. The fraction of sp³-hybridized carbons (Fsp3) is 0.115. The van der Waals surface area contributed by atoms with Crippen LogP contribution in [0.15, 0.2) is 66.9 Å². The van der Waals surface area contributed by atoms with E-state index < -0.39 is 0 Å². The monoisotopic (exact) mass is 466 g/mol. The van der Waals surface area contributed by atoms with Gasteiger partial charge >= 0.3 is 0 Å². The number of amides is 1. The molecule has 7 nitrogen and oxygen atoms in total. The van der Waals surface area contributed by atoms with Crippen molar-refractivity contribution in [2.75, 3.05) is 5.73 Å². The van der Waals surface area contributed by atoms with Crippen LogP contribution in [0.25, 0.3) is 33.4 Å². The fourth-order valence-corrected chi connectivity index (χ4v) is 4.70. The molecule has 0 atom stereocenters. The minimum atomic E-state index is -0.376. The number of fused-ring (bicyclic) bond motifs is 1. The minimum Gasteiger partial charge on any atom is -0.382 e. The molecule has 0 fully saturated rings. The van der Waals surface area contributed by atoms with E-state index in [0.29, 0.717) is 17.9 Å². The van der Waals surface area contributed by atoms with E-state index in [-0.39, 0.29) is 17.4 Å². The molecule has 5 rings (SSSR count). The van der Waals surface area contributed by atoms with Gasteiger partial charge in [-0.3, -0.25) is 9.78 Å². The number of anilines is 1. The molecule has 8 heteroatoms. The Labute approximate surface area is 200 Å². The Morgan fingerprint density at radius 2 is 1.74 bits per heavy atom. The van der Waals surface area contributed by atoms with Gasteiger partial charge in [0.2, 0.25) is 0 Å². The molecule has 0 aliphatic heterocycles. The smallest absolute Gasteiger partial charge is 0.274 e. The van der Waals surface area contributed by atoms with E-state index >= 15 is 0 Å². The first-order valence-corrected chi connectivity index (χ1v) is 11.6. The van der Waals surface area contributed by atoms with Crippen LogP contribution in [0.1, 0.15) is 26.1 Å². The van der Waals surface area contributed by atoms with Crippen molar-refractivity contribution in [3.05, 3.63) is 88.1 Å². The van der Waals surface area contributed by atoms with Crippen molar-refractivity contribution < 1.29 is 4.79 Å². The lowest BCUT2D eigenvalue weighted by Gasteiger charge is -2.13. The van der Waals surface area contributed by atoms with Gasteiger partial charge in [0.1, 0.15) is 0 Å². The molecule has 0 radical (unpaired) electrons. The molecule has 0 spiro atoms. The number of thiazole rings is 1. The van der Waals surface area contributed by atoms with Gasteiger partial charge in [0.05, 0.1) is 34.2 Å². The van der Waals surface area contributed by atoms with Crippen LogP contribution >= 0.6 is 11.3 Å². The fourth-order valence-electron chi connectivity index (χ4n) is 3.82. The summed E-state index contributed by atoms with van der Waals surface area (Å²) < 4.78 is 0. The van der Waals surface area contributed by atoms with Crippen LogP contribution < -0.4 is 11.1 Å². The van der Waals surface area contributed by atoms with Gasteiger partial charge in [0, 0.05) is 27.6 Å². The summed E-state index contributed by atoms with van der Waals surface area (Å²) in [6.45, 7) is 4.23. The summed E-state index contributed by atoms with van der Waals surface area (Å²) in [4.78, 5) is 32.2. The van der Waals surface area contributed by atoms with Crippen molar-refractivity contribution in [3.8, 4) is 22.5 Å². The van der Waals surface area contributed by atoms with Crippen molar-refractivity contribution in [1.29, 1.82) is 0 Å². The summed E-state index contributed by atoms with van der Waals surface area (Å²) in [5.41, 5.74) is 11.0. The Morgan fingerprint density at radius 1 is 0.941 bits per heavy atom. The molecule has 168 valence electrons. The minimum absolute atomic E-state index is 0.0831. The molecule has 0 bridgehead atoms. The molecular formula is C26H22N6OS. The van der Waals surface area contributed by atoms with E-state index in [2.05, 4.69) is 20.3 Å². The van der Waals surface area contributed by atoms with E-state index in [4.69, 9.17) is 10.7 Å². The van der Waals surface area contributed by atoms with Crippen LogP contribution in [0.3, 0.4) is 0 Å². The first-order valence-electron chi connectivity index (χ1n) is 10.8. The number of nitrogens with one attached hydrogen (secondary N) is 1. The maximum absolute atomic E-state index is 13.1. The van der Waals surface area contributed by atoms with E-state index in [0.717, 1.165) is 37.6 Å². The van der Waals surface area contributed by atoms with Crippen molar-refractivity contribution in [1.82, 2.24) is 25.3 Å². The summed E-state index contributed by atoms with van der Waals surface area (Å²) in [5, 5.41) is 4.85. The zero-order valence-electron chi connectivity index (χ0n) is 18.7. The van der Waals surface area contributed by atoms with Crippen LogP contribution in [0.5, 0.6) is 0 Å². The zero-order valence-corrected chi connectivity index (χ0v) is 19.6. The van der Waals surface area contributed by atoms with E-state index in [1.165, 1.54) is 0 Å². The number of aromatic nitrogens is 4. The van der Waals surface area contributed by atoms with E-state index in [9.17, 15) is 4.79 Å². The molecule has 0 saturated carbocycles. The van der Waals surface area contributed by atoms with E-state index in [1.807, 2.05) is 74.5 Å². The highest BCUT2D eigenvalue weighted by atomic mass is 32.1. The number of nitrogens with two attached hydrogens (primary N) is 1. The van der Waals surface area contributed by atoms with Gasteiger partial charge in [0.15, 0.2) is 11.5 Å². The lowest BCUT2D eigenvalue weighted by Crippen LogP contribution is -2.25. The molecule has 34 heavy (non-hydrogen) atoms. The standard InChI is InChI=1S/C26H22N6OS/c1-15-21(34-16(2)30-15)14-29-26(33)24-25(27)32-22(17-7-4-3-5-8-17)23(31-24)19-10-11-20-18(13-19)9-6-12-28-20/h3-13H,14H2,1-2H3,(H2,27,32)(H,29,33). The summed E-state index contributed by atoms with van der Waals surface area (Å²) >= 11 is 1.56. The lowest BCUT2D eigenvalue weighted by molar-refractivity contribution is 0.0947. The van der Waals surface area contributed by atoms with Gasteiger partial charge in [-0.1, -0.05) is 42.5 Å². The number of carbonyl (C=O) groups is 1. The number of rotatable bonds is 5. The van der Waals surface area contributed by atoms with Crippen molar-refractivity contribution in [3.63, 3.8) is 0 Å². The van der Waals surface area contributed by atoms with Crippen LogP contribution in [-0.2, 0) is 6.54 Å². The van der Waals surface area contributed by atoms with Crippen LogP contribution in [0, 0.1) is 13.8 Å². The van der Waals surface area contributed by atoms with Gasteiger partial charge in [-0.25, -0.2) is 15.0 Å². The second-order valence-corrected chi connectivity index (χ2v) is 9.14. The molecule has 1 amide bonds.